The molecule has 0 fully saturated rings. The molecule has 1 atom stereocenters. The summed E-state index contributed by atoms with van der Waals surface area (Å²) in [6, 6.07) is 3.34. The topological polar surface area (TPSA) is 56.3 Å². The Morgan fingerprint density at radius 1 is 1.44 bits per heavy atom. The van der Waals surface area contributed by atoms with Crippen LogP contribution in [0.3, 0.4) is 0 Å². The minimum absolute atomic E-state index is 0.275. The molecule has 0 amide bonds. The highest BCUT2D eigenvalue weighted by atomic mass is 79.9. The maximum Gasteiger partial charge on any atom is 0.316 e. The van der Waals surface area contributed by atoms with Crippen molar-refractivity contribution >= 4 is 27.7 Å². The van der Waals surface area contributed by atoms with E-state index in [4.69, 9.17) is 0 Å². The second-order valence-corrected chi connectivity index (χ2v) is 4.86. The van der Waals surface area contributed by atoms with Gasteiger partial charge in [0.2, 0.25) is 0 Å². The fourth-order valence-corrected chi connectivity index (χ4v) is 1.84. The largest absolute Gasteiger partial charge is 0.468 e. The van der Waals surface area contributed by atoms with E-state index >= 15 is 0 Å². The van der Waals surface area contributed by atoms with Gasteiger partial charge in [-0.15, -0.1) is 0 Å². The third kappa shape index (κ3) is 3.91. The Balaban J connectivity index is 2.87. The Morgan fingerprint density at radius 3 is 2.67 bits per heavy atom. The molecular formula is C13H16BrNO3. The standard InChI is InChI=1S/C13H16BrNO3/c1-3-4-5-10(13(17)18-2)12(16)11-7-6-9(14)8-15-11/h6-8,10H,3-5H2,1-2H3. The number of Topliss-reactive ketones (excluding diaryl/α,β-unsaturated/α-hetero) is 1. The number of ether oxygens (including phenoxy) is 1. The quantitative estimate of drug-likeness (QED) is 0.460. The fraction of sp³-hybridized carbons (Fsp3) is 0.462. The Morgan fingerprint density at radius 2 is 2.17 bits per heavy atom. The Labute approximate surface area is 115 Å². The van der Waals surface area contributed by atoms with Crippen molar-refractivity contribution in [1.29, 1.82) is 0 Å². The molecule has 0 aliphatic rings. The van der Waals surface area contributed by atoms with E-state index in [0.717, 1.165) is 17.3 Å². The zero-order valence-electron chi connectivity index (χ0n) is 10.5. The van der Waals surface area contributed by atoms with Crippen molar-refractivity contribution in [3.8, 4) is 0 Å². The molecule has 0 aromatic carbocycles. The molecule has 5 heteroatoms. The van der Waals surface area contributed by atoms with Gasteiger partial charge in [-0.3, -0.25) is 14.6 Å². The van der Waals surface area contributed by atoms with Crippen LogP contribution in [-0.4, -0.2) is 23.8 Å². The Kier molecular flexibility index (Phi) is 5.98. The van der Waals surface area contributed by atoms with Crippen molar-refractivity contribution in [3.63, 3.8) is 0 Å². The van der Waals surface area contributed by atoms with Gasteiger partial charge in [0.25, 0.3) is 0 Å². The molecule has 1 rings (SSSR count). The summed E-state index contributed by atoms with van der Waals surface area (Å²) in [6.07, 6.45) is 3.78. The third-order valence-electron chi connectivity index (χ3n) is 2.63. The minimum Gasteiger partial charge on any atom is -0.468 e. The Bertz CT molecular complexity index is 417. The van der Waals surface area contributed by atoms with Crippen molar-refractivity contribution in [3.05, 3.63) is 28.5 Å². The monoisotopic (exact) mass is 313 g/mol. The van der Waals surface area contributed by atoms with E-state index in [1.54, 1.807) is 18.3 Å². The number of ketones is 1. The van der Waals surface area contributed by atoms with Gasteiger partial charge in [-0.2, -0.15) is 0 Å². The molecule has 98 valence electrons. The number of hydrogen-bond donors (Lipinski definition) is 0. The van der Waals surface area contributed by atoms with E-state index in [1.165, 1.54) is 7.11 Å². The number of pyridine rings is 1. The van der Waals surface area contributed by atoms with E-state index in [9.17, 15) is 9.59 Å². The molecule has 1 heterocycles. The number of hydrogen-bond acceptors (Lipinski definition) is 4. The van der Waals surface area contributed by atoms with Crippen LogP contribution in [0.5, 0.6) is 0 Å². The highest BCUT2D eigenvalue weighted by Gasteiger charge is 2.28. The molecule has 0 saturated carbocycles. The van der Waals surface area contributed by atoms with Gasteiger partial charge in [0.05, 0.1) is 7.11 Å². The van der Waals surface area contributed by atoms with Crippen LogP contribution in [0.4, 0.5) is 0 Å². The van der Waals surface area contributed by atoms with Crippen LogP contribution in [0.1, 0.15) is 36.7 Å². The number of nitrogens with zero attached hydrogens (tertiary/aromatic N) is 1. The predicted molar refractivity (Wildman–Crippen MR) is 71.3 cm³/mol. The van der Waals surface area contributed by atoms with Crippen LogP contribution >= 0.6 is 15.9 Å². The first-order valence-corrected chi connectivity index (χ1v) is 6.63. The molecule has 0 aliphatic heterocycles. The summed E-state index contributed by atoms with van der Waals surface area (Å²) >= 11 is 3.25. The zero-order chi connectivity index (χ0) is 13.5. The first-order chi connectivity index (χ1) is 8.60. The van der Waals surface area contributed by atoms with Gasteiger partial charge in [-0.25, -0.2) is 0 Å². The summed E-state index contributed by atoms with van der Waals surface area (Å²) < 4.78 is 5.47. The highest BCUT2D eigenvalue weighted by molar-refractivity contribution is 9.10. The first kappa shape index (κ1) is 14.8. The van der Waals surface area contributed by atoms with E-state index in [1.807, 2.05) is 6.92 Å². The number of halogens is 1. The van der Waals surface area contributed by atoms with Gasteiger partial charge in [-0.1, -0.05) is 19.8 Å². The smallest absolute Gasteiger partial charge is 0.316 e. The molecule has 1 unspecified atom stereocenters. The maximum absolute atomic E-state index is 12.2. The summed E-state index contributed by atoms with van der Waals surface area (Å²) in [4.78, 5) is 27.8. The van der Waals surface area contributed by atoms with E-state index in [0.29, 0.717) is 12.1 Å². The van der Waals surface area contributed by atoms with E-state index in [-0.39, 0.29) is 5.78 Å². The van der Waals surface area contributed by atoms with Crippen LogP contribution in [0.2, 0.25) is 0 Å². The van der Waals surface area contributed by atoms with Crippen molar-refractivity contribution in [2.75, 3.05) is 7.11 Å². The first-order valence-electron chi connectivity index (χ1n) is 5.83. The number of carbonyl (C=O) groups is 2. The second kappa shape index (κ2) is 7.26. The number of unbranched alkanes of at least 4 members (excludes halogenated alkanes) is 1. The lowest BCUT2D eigenvalue weighted by Gasteiger charge is -2.12. The normalized spacial score (nSPS) is 11.9. The average Bonchev–Trinajstić information content (AvgIpc) is 2.39. The van der Waals surface area contributed by atoms with Crippen LogP contribution in [0.15, 0.2) is 22.8 Å². The van der Waals surface area contributed by atoms with E-state index < -0.39 is 11.9 Å². The lowest BCUT2D eigenvalue weighted by atomic mass is 9.95. The molecule has 1 aromatic rings. The molecule has 0 bridgehead atoms. The number of methoxy groups -OCH3 is 1. The van der Waals surface area contributed by atoms with Crippen LogP contribution in [-0.2, 0) is 9.53 Å². The number of rotatable bonds is 6. The van der Waals surface area contributed by atoms with Gasteiger partial charge in [-0.05, 0) is 34.5 Å². The van der Waals surface area contributed by atoms with E-state index in [2.05, 4.69) is 25.7 Å². The lowest BCUT2D eigenvalue weighted by Crippen LogP contribution is -2.26. The van der Waals surface area contributed by atoms with Crippen LogP contribution in [0, 0.1) is 5.92 Å². The van der Waals surface area contributed by atoms with Gasteiger partial charge >= 0.3 is 5.97 Å². The molecule has 0 saturated heterocycles. The van der Waals surface area contributed by atoms with Gasteiger partial charge < -0.3 is 4.74 Å². The minimum atomic E-state index is -0.747. The van der Waals surface area contributed by atoms with Crippen molar-refractivity contribution in [2.45, 2.75) is 26.2 Å². The average molecular weight is 314 g/mol. The summed E-state index contributed by atoms with van der Waals surface area (Å²) in [5.74, 6) is -1.51. The van der Waals surface area contributed by atoms with Gasteiger partial charge in [0.1, 0.15) is 11.6 Å². The van der Waals surface area contributed by atoms with Gasteiger partial charge in [0, 0.05) is 10.7 Å². The summed E-state index contributed by atoms with van der Waals surface area (Å²) in [5.41, 5.74) is 0.296. The molecule has 1 aromatic heterocycles. The molecule has 0 radical (unpaired) electrons. The van der Waals surface area contributed by atoms with Crippen LogP contribution < -0.4 is 0 Å². The number of esters is 1. The lowest BCUT2D eigenvalue weighted by molar-refractivity contribution is -0.143. The molecule has 0 spiro atoms. The van der Waals surface area contributed by atoms with Gasteiger partial charge in [0.15, 0.2) is 5.78 Å². The van der Waals surface area contributed by atoms with Crippen LogP contribution in [0.25, 0.3) is 0 Å². The van der Waals surface area contributed by atoms with Crippen molar-refractivity contribution in [1.82, 2.24) is 4.98 Å². The molecule has 18 heavy (non-hydrogen) atoms. The molecule has 4 nitrogen and oxygen atoms in total. The number of aromatic nitrogens is 1. The zero-order valence-corrected chi connectivity index (χ0v) is 12.1. The molecule has 0 aliphatic carbocycles. The number of carbonyl (C=O) groups excluding carboxylic acids is 2. The second-order valence-electron chi connectivity index (χ2n) is 3.94. The summed E-state index contributed by atoms with van der Waals surface area (Å²) in [7, 11) is 1.30. The molecule has 0 N–H and O–H groups in total. The molecular weight excluding hydrogens is 298 g/mol. The summed E-state index contributed by atoms with van der Waals surface area (Å²) in [6.45, 7) is 2.01. The summed E-state index contributed by atoms with van der Waals surface area (Å²) in [5, 5.41) is 0. The Hall–Kier alpha value is -1.23. The fourth-order valence-electron chi connectivity index (χ4n) is 1.61. The van der Waals surface area contributed by atoms with Crippen molar-refractivity contribution in [2.24, 2.45) is 5.92 Å². The SMILES string of the molecule is CCCCC(C(=O)OC)C(=O)c1ccc(Br)cn1. The van der Waals surface area contributed by atoms with Crippen molar-refractivity contribution < 1.29 is 14.3 Å². The predicted octanol–water partition coefficient (Wildman–Crippen LogP) is 3.01. The third-order valence-corrected chi connectivity index (χ3v) is 3.10. The highest BCUT2D eigenvalue weighted by Crippen LogP contribution is 2.17. The maximum atomic E-state index is 12.2.